The molecule has 118 valence electrons. The molecule has 1 aliphatic carbocycles. The van der Waals surface area contributed by atoms with Crippen molar-refractivity contribution in [3.63, 3.8) is 0 Å². The second-order valence-corrected chi connectivity index (χ2v) is 6.32. The molecule has 0 amide bonds. The van der Waals surface area contributed by atoms with Crippen molar-refractivity contribution in [2.75, 3.05) is 5.32 Å². The molecule has 0 aromatic heterocycles. The first-order chi connectivity index (χ1) is 11.1. The Labute approximate surface area is 136 Å². The van der Waals surface area contributed by atoms with Gasteiger partial charge in [-0.2, -0.15) is 0 Å². The summed E-state index contributed by atoms with van der Waals surface area (Å²) in [5.74, 6) is 2.40. The molecule has 0 spiro atoms. The maximum absolute atomic E-state index is 6.60. The number of anilines is 1. The van der Waals surface area contributed by atoms with Crippen LogP contribution < -0.4 is 21.5 Å². The van der Waals surface area contributed by atoms with Gasteiger partial charge < -0.3 is 21.5 Å². The van der Waals surface area contributed by atoms with Crippen LogP contribution in [0.3, 0.4) is 0 Å². The Bertz CT molecular complexity index is 797. The van der Waals surface area contributed by atoms with Crippen molar-refractivity contribution in [1.29, 1.82) is 0 Å². The van der Waals surface area contributed by atoms with Crippen LogP contribution in [0.1, 0.15) is 42.0 Å². The average Bonchev–Trinajstić information content (AvgIpc) is 2.99. The summed E-state index contributed by atoms with van der Waals surface area (Å²) < 4.78 is 5.71. The van der Waals surface area contributed by atoms with Gasteiger partial charge in [-0.3, -0.25) is 0 Å². The van der Waals surface area contributed by atoms with Gasteiger partial charge in [0.05, 0.1) is 5.69 Å². The first-order valence-electron chi connectivity index (χ1n) is 8.02. The number of allylic oxidation sites excluding steroid dienone is 1. The van der Waals surface area contributed by atoms with E-state index in [1.807, 2.05) is 13.0 Å². The van der Waals surface area contributed by atoms with E-state index >= 15 is 0 Å². The van der Waals surface area contributed by atoms with Crippen molar-refractivity contribution < 1.29 is 4.74 Å². The van der Waals surface area contributed by atoms with Gasteiger partial charge in [0, 0.05) is 12.0 Å². The number of rotatable bonds is 2. The summed E-state index contributed by atoms with van der Waals surface area (Å²) in [7, 11) is 0. The molecule has 5 N–H and O–H groups in total. The van der Waals surface area contributed by atoms with E-state index in [2.05, 4.69) is 41.7 Å². The Balaban J connectivity index is 1.64. The number of fused-ring (bicyclic) bond motifs is 2. The van der Waals surface area contributed by atoms with E-state index in [9.17, 15) is 0 Å². The van der Waals surface area contributed by atoms with Crippen LogP contribution in [0, 0.1) is 0 Å². The Kier molecular flexibility index (Phi) is 3.27. The number of nitrogens with one attached hydrogen (secondary N) is 1. The lowest BCUT2D eigenvalue weighted by atomic mass is 9.88. The number of ether oxygens (including phenoxy) is 1. The van der Waals surface area contributed by atoms with Crippen LogP contribution in [-0.4, -0.2) is 0 Å². The van der Waals surface area contributed by atoms with Gasteiger partial charge >= 0.3 is 0 Å². The summed E-state index contributed by atoms with van der Waals surface area (Å²) in [5.41, 5.74) is 17.3. The third kappa shape index (κ3) is 2.35. The summed E-state index contributed by atoms with van der Waals surface area (Å²) in [5, 5.41) is 3.19. The van der Waals surface area contributed by atoms with Crippen molar-refractivity contribution in [2.24, 2.45) is 11.5 Å². The van der Waals surface area contributed by atoms with Crippen molar-refractivity contribution in [1.82, 2.24) is 0 Å². The number of benzene rings is 2. The Morgan fingerprint density at radius 2 is 2.04 bits per heavy atom. The van der Waals surface area contributed by atoms with Crippen molar-refractivity contribution >= 4 is 5.69 Å². The zero-order valence-corrected chi connectivity index (χ0v) is 13.2. The lowest BCUT2D eigenvalue weighted by Crippen LogP contribution is -2.21. The quantitative estimate of drug-likeness (QED) is 0.795. The predicted octanol–water partition coefficient (Wildman–Crippen LogP) is 3.37. The molecule has 1 aliphatic heterocycles. The molecule has 23 heavy (non-hydrogen) atoms. The second kappa shape index (κ2) is 5.32. The number of nitrogens with two attached hydrogens (primary N) is 2. The molecule has 0 bridgehead atoms. The Morgan fingerprint density at radius 1 is 1.22 bits per heavy atom. The summed E-state index contributed by atoms with van der Waals surface area (Å²) in [6.45, 7) is 1.85. The van der Waals surface area contributed by atoms with E-state index in [0.717, 1.165) is 29.8 Å². The highest BCUT2D eigenvalue weighted by Gasteiger charge is 2.29. The van der Waals surface area contributed by atoms with Gasteiger partial charge in [0.15, 0.2) is 5.75 Å². The molecule has 4 heteroatoms. The molecule has 2 atom stereocenters. The average molecular weight is 307 g/mol. The lowest BCUT2D eigenvalue weighted by molar-refractivity contribution is 0.415. The van der Waals surface area contributed by atoms with Crippen LogP contribution in [0.15, 0.2) is 54.0 Å². The maximum atomic E-state index is 6.60. The Hall–Kier alpha value is -2.46. The highest BCUT2D eigenvalue weighted by Crippen LogP contribution is 2.42. The van der Waals surface area contributed by atoms with Crippen molar-refractivity contribution in [3.8, 4) is 5.75 Å². The molecule has 2 unspecified atom stereocenters. The molecule has 2 aromatic carbocycles. The highest BCUT2D eigenvalue weighted by atomic mass is 16.5. The fraction of sp³-hybridized carbons (Fsp3) is 0.263. The molecular formula is C19H21N3O. The molecule has 1 heterocycles. The molecule has 0 saturated heterocycles. The van der Waals surface area contributed by atoms with E-state index in [0.29, 0.717) is 17.5 Å². The SMILES string of the molecule is CC1=C(N)Nc2cc(C(N)C3CCc4ccccc43)ccc2O1. The smallest absolute Gasteiger partial charge is 0.150 e. The van der Waals surface area contributed by atoms with Gasteiger partial charge in [0.2, 0.25) is 0 Å². The molecule has 2 aromatic rings. The van der Waals surface area contributed by atoms with Gasteiger partial charge in [-0.25, -0.2) is 0 Å². The predicted molar refractivity (Wildman–Crippen MR) is 92.0 cm³/mol. The topological polar surface area (TPSA) is 73.3 Å². The standard InChI is InChI=1S/C19H21N3O/c1-11-19(21)22-16-10-13(7-9-17(16)23-11)18(20)15-8-6-12-4-2-3-5-14(12)15/h2-5,7,9-10,15,18,22H,6,8,20-21H2,1H3. The van der Waals surface area contributed by atoms with Crippen LogP contribution in [-0.2, 0) is 6.42 Å². The third-order valence-corrected chi connectivity index (χ3v) is 4.91. The van der Waals surface area contributed by atoms with Crippen LogP contribution in [0.5, 0.6) is 5.75 Å². The van der Waals surface area contributed by atoms with Crippen LogP contribution in [0.25, 0.3) is 0 Å². The van der Waals surface area contributed by atoms with Gasteiger partial charge in [0.1, 0.15) is 11.6 Å². The molecule has 4 nitrogen and oxygen atoms in total. The Morgan fingerprint density at radius 3 is 2.91 bits per heavy atom. The maximum Gasteiger partial charge on any atom is 0.150 e. The first kappa shape index (κ1) is 14.2. The second-order valence-electron chi connectivity index (χ2n) is 6.32. The van der Waals surface area contributed by atoms with E-state index in [-0.39, 0.29) is 6.04 Å². The largest absolute Gasteiger partial charge is 0.456 e. The number of hydrogen-bond donors (Lipinski definition) is 3. The third-order valence-electron chi connectivity index (χ3n) is 4.91. The van der Waals surface area contributed by atoms with Crippen molar-refractivity contribution in [2.45, 2.75) is 31.7 Å². The minimum Gasteiger partial charge on any atom is -0.456 e. The molecule has 0 fully saturated rings. The highest BCUT2D eigenvalue weighted by molar-refractivity contribution is 5.64. The molecule has 2 aliphatic rings. The minimum absolute atomic E-state index is 0.0287. The zero-order chi connectivity index (χ0) is 16.0. The van der Waals surface area contributed by atoms with E-state index in [1.165, 1.54) is 11.1 Å². The molecule has 0 radical (unpaired) electrons. The minimum atomic E-state index is -0.0287. The van der Waals surface area contributed by atoms with Gasteiger partial charge in [-0.15, -0.1) is 0 Å². The number of aryl methyl sites for hydroxylation is 1. The van der Waals surface area contributed by atoms with Gasteiger partial charge in [-0.05, 0) is 48.6 Å². The molecule has 0 saturated carbocycles. The van der Waals surface area contributed by atoms with Crippen LogP contribution in [0.4, 0.5) is 5.69 Å². The van der Waals surface area contributed by atoms with Gasteiger partial charge in [0.25, 0.3) is 0 Å². The fourth-order valence-corrected chi connectivity index (χ4v) is 3.59. The normalized spacial score (nSPS) is 20.3. The summed E-state index contributed by atoms with van der Waals surface area (Å²) in [4.78, 5) is 0. The lowest BCUT2D eigenvalue weighted by Gasteiger charge is -2.25. The molecule has 4 rings (SSSR count). The number of hydrogen-bond acceptors (Lipinski definition) is 4. The first-order valence-corrected chi connectivity index (χ1v) is 8.02. The molecular weight excluding hydrogens is 286 g/mol. The summed E-state index contributed by atoms with van der Waals surface area (Å²) in [6.07, 6.45) is 2.21. The fourth-order valence-electron chi connectivity index (χ4n) is 3.59. The van der Waals surface area contributed by atoms with Crippen LogP contribution >= 0.6 is 0 Å². The van der Waals surface area contributed by atoms with Crippen molar-refractivity contribution in [3.05, 3.63) is 70.7 Å². The van der Waals surface area contributed by atoms with E-state index in [4.69, 9.17) is 16.2 Å². The monoisotopic (exact) mass is 307 g/mol. The summed E-state index contributed by atoms with van der Waals surface area (Å²) in [6, 6.07) is 14.7. The summed E-state index contributed by atoms with van der Waals surface area (Å²) >= 11 is 0. The van der Waals surface area contributed by atoms with E-state index < -0.39 is 0 Å². The van der Waals surface area contributed by atoms with E-state index in [1.54, 1.807) is 0 Å². The van der Waals surface area contributed by atoms with Gasteiger partial charge in [-0.1, -0.05) is 30.3 Å². The zero-order valence-electron chi connectivity index (χ0n) is 13.2. The van der Waals surface area contributed by atoms with Crippen LogP contribution in [0.2, 0.25) is 0 Å².